The summed E-state index contributed by atoms with van der Waals surface area (Å²) in [6.07, 6.45) is -4.94. The fraction of sp³-hybridized carbons (Fsp3) is 0.364. The summed E-state index contributed by atoms with van der Waals surface area (Å²) in [5.41, 5.74) is 4.29. The first-order valence-electron chi connectivity index (χ1n) is 5.06. The Morgan fingerprint density at radius 1 is 1.39 bits per heavy atom. The van der Waals surface area contributed by atoms with Crippen molar-refractivity contribution in [3.8, 4) is 0 Å². The highest BCUT2D eigenvalue weighted by Crippen LogP contribution is 2.31. The van der Waals surface area contributed by atoms with Crippen LogP contribution in [0, 0.1) is 5.82 Å². The van der Waals surface area contributed by atoms with E-state index in [-0.39, 0.29) is 18.4 Å². The van der Waals surface area contributed by atoms with Crippen LogP contribution < -0.4 is 5.73 Å². The van der Waals surface area contributed by atoms with Crippen LogP contribution in [0.4, 0.5) is 17.6 Å². The molecule has 18 heavy (non-hydrogen) atoms. The predicted molar refractivity (Wildman–Crippen MR) is 55.2 cm³/mol. The molecule has 0 aliphatic heterocycles. The van der Waals surface area contributed by atoms with E-state index in [1.54, 1.807) is 0 Å². The molecule has 0 aliphatic rings. The van der Waals surface area contributed by atoms with Crippen LogP contribution in [0.15, 0.2) is 18.2 Å². The number of hydrogen-bond acceptors (Lipinski definition) is 2. The van der Waals surface area contributed by atoms with Gasteiger partial charge in [-0.15, -0.1) is 0 Å². The number of carboxylic acids is 1. The first kappa shape index (κ1) is 14.4. The Balaban J connectivity index is 2.88. The highest BCUT2D eigenvalue weighted by Gasteiger charge is 2.31. The van der Waals surface area contributed by atoms with Crippen molar-refractivity contribution in [2.75, 3.05) is 0 Å². The van der Waals surface area contributed by atoms with Gasteiger partial charge in [-0.2, -0.15) is 13.2 Å². The van der Waals surface area contributed by atoms with Gasteiger partial charge < -0.3 is 10.8 Å². The van der Waals surface area contributed by atoms with Crippen LogP contribution in [-0.4, -0.2) is 11.1 Å². The summed E-state index contributed by atoms with van der Waals surface area (Å²) in [5, 5.41) is 8.43. The summed E-state index contributed by atoms with van der Waals surface area (Å²) in [6, 6.07) is 1.07. The fourth-order valence-corrected chi connectivity index (χ4v) is 1.44. The van der Waals surface area contributed by atoms with Crippen molar-refractivity contribution < 1.29 is 27.5 Å². The molecule has 0 aromatic heterocycles. The highest BCUT2D eigenvalue weighted by atomic mass is 19.4. The summed E-state index contributed by atoms with van der Waals surface area (Å²) in [4.78, 5) is 10.3. The number of alkyl halides is 3. The van der Waals surface area contributed by atoms with Crippen molar-refractivity contribution >= 4 is 5.97 Å². The number of halogens is 4. The van der Waals surface area contributed by atoms with Crippen LogP contribution in [0.25, 0.3) is 0 Å². The van der Waals surface area contributed by atoms with E-state index in [4.69, 9.17) is 10.8 Å². The second-order valence-corrected chi connectivity index (χ2v) is 3.77. The molecule has 0 bridgehead atoms. The van der Waals surface area contributed by atoms with Crippen LogP contribution in [0.5, 0.6) is 0 Å². The van der Waals surface area contributed by atoms with Crippen molar-refractivity contribution in [1.82, 2.24) is 0 Å². The van der Waals surface area contributed by atoms with Crippen LogP contribution in [0.3, 0.4) is 0 Å². The third kappa shape index (κ3) is 3.69. The maximum Gasteiger partial charge on any atom is 0.416 e. The van der Waals surface area contributed by atoms with Gasteiger partial charge in [0.05, 0.1) is 5.56 Å². The standard InChI is InChI=1S/C11H11F4NO2/c12-8-5-6(11(13,14)15)1-2-7(8)9(16)3-4-10(17)18/h1-2,5,9H,3-4,16H2,(H,17,18). The first-order valence-corrected chi connectivity index (χ1v) is 5.06. The summed E-state index contributed by atoms with van der Waals surface area (Å²) in [6.45, 7) is 0. The first-order chi connectivity index (χ1) is 8.21. The number of carboxylic acid groups (broad SMARTS) is 1. The zero-order chi connectivity index (χ0) is 13.9. The molecular formula is C11H11F4NO2. The van der Waals surface area contributed by atoms with Crippen molar-refractivity contribution in [1.29, 1.82) is 0 Å². The molecule has 0 saturated carbocycles. The Kier molecular flexibility index (Phi) is 4.28. The Morgan fingerprint density at radius 3 is 2.44 bits per heavy atom. The maximum atomic E-state index is 13.4. The third-order valence-electron chi connectivity index (χ3n) is 2.40. The summed E-state index contributed by atoms with van der Waals surface area (Å²) >= 11 is 0. The molecule has 100 valence electrons. The van der Waals surface area contributed by atoms with Gasteiger partial charge in [-0.25, -0.2) is 4.39 Å². The SMILES string of the molecule is NC(CCC(=O)O)c1ccc(C(F)(F)F)cc1F. The van der Waals surface area contributed by atoms with Gasteiger partial charge in [0.1, 0.15) is 5.82 Å². The van der Waals surface area contributed by atoms with E-state index in [2.05, 4.69) is 0 Å². The van der Waals surface area contributed by atoms with Crippen molar-refractivity contribution in [2.45, 2.75) is 25.1 Å². The van der Waals surface area contributed by atoms with Crippen LogP contribution >= 0.6 is 0 Å². The van der Waals surface area contributed by atoms with E-state index >= 15 is 0 Å². The average molecular weight is 265 g/mol. The Labute approximate surface area is 100 Å². The topological polar surface area (TPSA) is 63.3 Å². The molecule has 0 spiro atoms. The average Bonchev–Trinajstić information content (AvgIpc) is 2.24. The zero-order valence-electron chi connectivity index (χ0n) is 9.17. The molecule has 0 aliphatic carbocycles. The molecule has 1 aromatic carbocycles. The van der Waals surface area contributed by atoms with Crippen molar-refractivity contribution in [2.24, 2.45) is 5.73 Å². The van der Waals surface area contributed by atoms with Crippen LogP contribution in [0.2, 0.25) is 0 Å². The minimum atomic E-state index is -4.62. The quantitative estimate of drug-likeness (QED) is 0.823. The molecule has 1 unspecified atom stereocenters. The lowest BCUT2D eigenvalue weighted by Crippen LogP contribution is -2.15. The minimum absolute atomic E-state index is 0.0440. The molecule has 0 radical (unpaired) electrons. The number of carbonyl (C=O) groups is 1. The minimum Gasteiger partial charge on any atom is -0.481 e. The van der Waals surface area contributed by atoms with Gasteiger partial charge in [-0.05, 0) is 18.6 Å². The molecule has 3 N–H and O–H groups in total. The van der Waals surface area contributed by atoms with Gasteiger partial charge in [0.2, 0.25) is 0 Å². The summed E-state index contributed by atoms with van der Waals surface area (Å²) in [5.74, 6) is -2.18. The highest BCUT2D eigenvalue weighted by molar-refractivity contribution is 5.66. The second-order valence-electron chi connectivity index (χ2n) is 3.77. The molecule has 0 heterocycles. The molecule has 0 saturated heterocycles. The second kappa shape index (κ2) is 5.34. The number of hydrogen-bond donors (Lipinski definition) is 2. The molecular weight excluding hydrogens is 254 g/mol. The van der Waals surface area contributed by atoms with E-state index in [1.807, 2.05) is 0 Å². The molecule has 1 rings (SSSR count). The lowest BCUT2D eigenvalue weighted by atomic mass is 10.0. The van der Waals surface area contributed by atoms with Crippen molar-refractivity contribution in [3.63, 3.8) is 0 Å². The number of nitrogens with two attached hydrogens (primary N) is 1. The largest absolute Gasteiger partial charge is 0.481 e. The van der Waals surface area contributed by atoms with E-state index < -0.39 is 29.6 Å². The Morgan fingerprint density at radius 2 is 2.00 bits per heavy atom. The van der Waals surface area contributed by atoms with E-state index in [0.717, 1.165) is 12.1 Å². The van der Waals surface area contributed by atoms with E-state index in [9.17, 15) is 22.4 Å². The van der Waals surface area contributed by atoms with Gasteiger partial charge in [-0.1, -0.05) is 6.07 Å². The smallest absolute Gasteiger partial charge is 0.416 e. The monoisotopic (exact) mass is 265 g/mol. The molecule has 0 amide bonds. The van der Waals surface area contributed by atoms with E-state index in [0.29, 0.717) is 6.07 Å². The molecule has 0 fully saturated rings. The van der Waals surface area contributed by atoms with Gasteiger partial charge in [-0.3, -0.25) is 4.79 Å². The van der Waals surface area contributed by atoms with Crippen LogP contribution in [0.1, 0.15) is 30.0 Å². The van der Waals surface area contributed by atoms with Crippen LogP contribution in [-0.2, 0) is 11.0 Å². The third-order valence-corrected chi connectivity index (χ3v) is 2.40. The molecule has 7 heteroatoms. The molecule has 3 nitrogen and oxygen atoms in total. The van der Waals surface area contributed by atoms with Gasteiger partial charge in [0.15, 0.2) is 0 Å². The molecule has 1 aromatic rings. The number of aliphatic carboxylic acids is 1. The molecule has 1 atom stereocenters. The number of benzene rings is 1. The number of rotatable bonds is 4. The fourth-order valence-electron chi connectivity index (χ4n) is 1.44. The van der Waals surface area contributed by atoms with E-state index in [1.165, 1.54) is 0 Å². The maximum absolute atomic E-state index is 13.4. The summed E-state index contributed by atoms with van der Waals surface area (Å²) in [7, 11) is 0. The lowest BCUT2D eigenvalue weighted by molar-refractivity contribution is -0.138. The normalized spacial score (nSPS) is 13.4. The van der Waals surface area contributed by atoms with Gasteiger partial charge in [0.25, 0.3) is 0 Å². The Hall–Kier alpha value is -1.63. The van der Waals surface area contributed by atoms with Crippen molar-refractivity contribution in [3.05, 3.63) is 35.1 Å². The van der Waals surface area contributed by atoms with Gasteiger partial charge >= 0.3 is 12.1 Å². The van der Waals surface area contributed by atoms with Gasteiger partial charge in [0, 0.05) is 18.0 Å². The Bertz CT molecular complexity index is 445. The zero-order valence-corrected chi connectivity index (χ0v) is 9.17. The predicted octanol–water partition coefficient (Wildman–Crippen LogP) is 2.71. The lowest BCUT2D eigenvalue weighted by Gasteiger charge is -2.14. The summed E-state index contributed by atoms with van der Waals surface area (Å²) < 4.78 is 50.3.